The molecule has 144 valence electrons. The van der Waals surface area contributed by atoms with Crippen LogP contribution in [0.5, 0.6) is 0 Å². The predicted octanol–water partition coefficient (Wildman–Crippen LogP) is 1.14. The van der Waals surface area contributed by atoms with Gasteiger partial charge in [0, 0.05) is 26.2 Å². The predicted molar refractivity (Wildman–Crippen MR) is 91.9 cm³/mol. The lowest BCUT2D eigenvalue weighted by Gasteiger charge is -2.35. The molecule has 1 aliphatic rings. The van der Waals surface area contributed by atoms with Gasteiger partial charge in [-0.15, -0.1) is 15.3 Å². The molecule has 5 heterocycles. The van der Waals surface area contributed by atoms with Crippen molar-refractivity contribution in [1.29, 1.82) is 0 Å². The molecule has 28 heavy (non-hydrogen) atoms. The fourth-order valence-electron chi connectivity index (χ4n) is 3.26. The highest BCUT2D eigenvalue weighted by Crippen LogP contribution is 2.28. The number of hydrogen-bond donors (Lipinski definition) is 1. The molecule has 1 saturated heterocycles. The van der Waals surface area contributed by atoms with E-state index in [1.165, 1.54) is 12.4 Å². The molecule has 0 bridgehead atoms. The van der Waals surface area contributed by atoms with Gasteiger partial charge in [-0.3, -0.25) is 0 Å². The van der Waals surface area contributed by atoms with Gasteiger partial charge < -0.3 is 14.8 Å². The van der Waals surface area contributed by atoms with E-state index in [1.807, 2.05) is 4.90 Å². The van der Waals surface area contributed by atoms with Gasteiger partial charge in [0.15, 0.2) is 17.1 Å². The summed E-state index contributed by atoms with van der Waals surface area (Å²) in [6, 6.07) is 3.13. The minimum Gasteiger partial charge on any atom is -0.352 e. The van der Waals surface area contributed by atoms with Crippen LogP contribution in [-0.4, -0.2) is 65.9 Å². The first-order valence-electron chi connectivity index (χ1n) is 8.44. The number of aromatic amines is 1. The Hall–Kier alpha value is -3.51. The van der Waals surface area contributed by atoms with Gasteiger partial charge in [-0.25, -0.2) is 15.0 Å². The number of nitrogens with zero attached hydrogens (tertiary/aromatic N) is 9. The van der Waals surface area contributed by atoms with Crippen molar-refractivity contribution in [2.75, 3.05) is 36.0 Å². The molecule has 5 rings (SSSR count). The van der Waals surface area contributed by atoms with E-state index in [-0.39, 0.29) is 5.65 Å². The van der Waals surface area contributed by atoms with E-state index in [0.717, 1.165) is 15.8 Å². The Labute approximate surface area is 155 Å². The molecule has 1 aliphatic heterocycles. The molecule has 13 heteroatoms. The fourth-order valence-corrected chi connectivity index (χ4v) is 3.26. The number of halogens is 3. The Bertz CT molecular complexity index is 1140. The van der Waals surface area contributed by atoms with Crippen molar-refractivity contribution in [3.63, 3.8) is 0 Å². The molecular formula is C15H13F3N10. The van der Waals surface area contributed by atoms with Crippen LogP contribution in [0.15, 0.2) is 24.8 Å². The number of hydrogen-bond acceptors (Lipinski definition) is 8. The van der Waals surface area contributed by atoms with Crippen molar-refractivity contribution in [3.05, 3.63) is 30.6 Å². The normalized spacial score (nSPS) is 15.7. The third-order valence-corrected chi connectivity index (χ3v) is 4.61. The number of alkyl halides is 3. The largest absolute Gasteiger partial charge is 0.453 e. The zero-order valence-corrected chi connectivity index (χ0v) is 14.3. The highest BCUT2D eigenvalue weighted by molar-refractivity contribution is 5.82. The van der Waals surface area contributed by atoms with Gasteiger partial charge in [0.05, 0.1) is 6.33 Å². The van der Waals surface area contributed by atoms with E-state index in [2.05, 4.69) is 40.1 Å². The second-order valence-electron chi connectivity index (χ2n) is 6.26. The van der Waals surface area contributed by atoms with Gasteiger partial charge in [-0.1, -0.05) is 0 Å². The first-order valence-corrected chi connectivity index (χ1v) is 8.44. The molecule has 0 spiro atoms. The summed E-state index contributed by atoms with van der Waals surface area (Å²) in [5.74, 6) is 0.0566. The first kappa shape index (κ1) is 16.6. The lowest BCUT2D eigenvalue weighted by Crippen LogP contribution is -2.47. The quantitative estimate of drug-likeness (QED) is 0.543. The Balaban J connectivity index is 1.39. The van der Waals surface area contributed by atoms with Crippen LogP contribution in [0, 0.1) is 0 Å². The summed E-state index contributed by atoms with van der Waals surface area (Å²) in [5.41, 5.74) is 1.40. The minimum atomic E-state index is -4.62. The van der Waals surface area contributed by atoms with Crippen LogP contribution in [-0.2, 0) is 6.18 Å². The lowest BCUT2D eigenvalue weighted by molar-refractivity contribution is -0.146. The molecule has 1 fully saturated rings. The van der Waals surface area contributed by atoms with Gasteiger partial charge >= 0.3 is 6.18 Å². The minimum absolute atomic E-state index is 0.0531. The fraction of sp³-hybridized carbons (Fsp3) is 0.333. The van der Waals surface area contributed by atoms with Crippen molar-refractivity contribution in [1.82, 2.24) is 39.7 Å². The molecule has 0 radical (unpaired) electrons. The topological polar surface area (TPSA) is 104 Å². The molecule has 0 aromatic carbocycles. The summed E-state index contributed by atoms with van der Waals surface area (Å²) in [4.78, 5) is 19.6. The molecular weight excluding hydrogens is 377 g/mol. The maximum absolute atomic E-state index is 13.1. The number of fused-ring (bicyclic) bond motifs is 2. The summed E-state index contributed by atoms with van der Waals surface area (Å²) in [7, 11) is 0. The second kappa shape index (κ2) is 6.00. The number of H-pyrrole nitrogens is 1. The zero-order valence-electron chi connectivity index (χ0n) is 14.3. The number of piperazine rings is 1. The molecule has 4 aromatic rings. The van der Waals surface area contributed by atoms with Crippen molar-refractivity contribution in [3.8, 4) is 0 Å². The first-order chi connectivity index (χ1) is 13.5. The van der Waals surface area contributed by atoms with Crippen molar-refractivity contribution in [2.45, 2.75) is 6.18 Å². The average Bonchev–Trinajstić information content (AvgIpc) is 3.34. The molecule has 0 atom stereocenters. The standard InChI is InChI=1S/C15H13F3N10/c16-15(17,18)14-24-23-9-1-2-10(25-28(9)14)26-3-5-27(6-4-26)13-11-12(20-7-19-11)21-8-22-13/h1-2,7-8H,3-6H2,(H,19,20,21,22). The monoisotopic (exact) mass is 390 g/mol. The van der Waals surface area contributed by atoms with Crippen molar-refractivity contribution >= 4 is 28.4 Å². The molecule has 0 aliphatic carbocycles. The number of imidazole rings is 1. The molecule has 0 unspecified atom stereocenters. The van der Waals surface area contributed by atoms with Crippen LogP contribution in [0.4, 0.5) is 24.8 Å². The second-order valence-corrected chi connectivity index (χ2v) is 6.26. The smallest absolute Gasteiger partial charge is 0.352 e. The SMILES string of the molecule is FC(F)(F)c1nnc2ccc(N3CCN(c4ncnc5nc[nH]c45)CC3)nn12. The maximum atomic E-state index is 13.1. The number of aromatic nitrogens is 8. The Morgan fingerprint density at radius 2 is 1.71 bits per heavy atom. The average molecular weight is 390 g/mol. The molecule has 0 amide bonds. The van der Waals surface area contributed by atoms with E-state index < -0.39 is 12.0 Å². The third-order valence-electron chi connectivity index (χ3n) is 4.61. The van der Waals surface area contributed by atoms with Gasteiger partial charge in [-0.2, -0.15) is 17.7 Å². The van der Waals surface area contributed by atoms with E-state index >= 15 is 0 Å². The van der Waals surface area contributed by atoms with Gasteiger partial charge in [0.1, 0.15) is 17.7 Å². The third kappa shape index (κ3) is 2.66. The number of rotatable bonds is 2. The Kier molecular flexibility index (Phi) is 3.57. The van der Waals surface area contributed by atoms with E-state index in [1.54, 1.807) is 12.4 Å². The van der Waals surface area contributed by atoms with Crippen LogP contribution in [0.1, 0.15) is 5.82 Å². The highest BCUT2D eigenvalue weighted by Gasteiger charge is 2.38. The van der Waals surface area contributed by atoms with Crippen LogP contribution >= 0.6 is 0 Å². The van der Waals surface area contributed by atoms with E-state index in [9.17, 15) is 13.2 Å². The van der Waals surface area contributed by atoms with Crippen LogP contribution in [0.25, 0.3) is 16.8 Å². The summed E-state index contributed by atoms with van der Waals surface area (Å²) in [5, 5.41) is 10.8. The van der Waals surface area contributed by atoms with Gasteiger partial charge in [0.25, 0.3) is 5.82 Å². The zero-order chi connectivity index (χ0) is 19.3. The number of anilines is 2. The number of nitrogens with one attached hydrogen (secondary N) is 1. The molecule has 1 N–H and O–H groups in total. The Morgan fingerprint density at radius 3 is 2.50 bits per heavy atom. The van der Waals surface area contributed by atoms with Crippen LogP contribution in [0.3, 0.4) is 0 Å². The molecule has 0 saturated carbocycles. The van der Waals surface area contributed by atoms with Crippen LogP contribution < -0.4 is 9.80 Å². The molecule has 10 nitrogen and oxygen atoms in total. The summed E-state index contributed by atoms with van der Waals surface area (Å²) >= 11 is 0. The van der Waals surface area contributed by atoms with E-state index in [4.69, 9.17) is 0 Å². The van der Waals surface area contributed by atoms with Crippen molar-refractivity contribution in [2.24, 2.45) is 0 Å². The Morgan fingerprint density at radius 1 is 0.929 bits per heavy atom. The maximum Gasteiger partial charge on any atom is 0.453 e. The summed E-state index contributed by atoms with van der Waals surface area (Å²) < 4.78 is 39.9. The van der Waals surface area contributed by atoms with Crippen molar-refractivity contribution < 1.29 is 13.2 Å². The molecule has 4 aromatic heterocycles. The summed E-state index contributed by atoms with van der Waals surface area (Å²) in [6.45, 7) is 2.39. The lowest BCUT2D eigenvalue weighted by atomic mass is 10.3. The van der Waals surface area contributed by atoms with E-state index in [0.29, 0.717) is 37.6 Å². The van der Waals surface area contributed by atoms with Crippen LogP contribution in [0.2, 0.25) is 0 Å². The van der Waals surface area contributed by atoms with Gasteiger partial charge in [-0.05, 0) is 12.1 Å². The van der Waals surface area contributed by atoms with Gasteiger partial charge in [0.2, 0.25) is 0 Å². The highest BCUT2D eigenvalue weighted by atomic mass is 19.4. The summed E-state index contributed by atoms with van der Waals surface area (Å²) in [6.07, 6.45) is -1.59.